The number of thiocarbonyl (C=S) groups is 1. The lowest BCUT2D eigenvalue weighted by Crippen LogP contribution is -2.23. The topological polar surface area (TPSA) is 63.4 Å². The molecule has 1 aromatic rings. The van der Waals surface area contributed by atoms with Gasteiger partial charge in [-0.2, -0.15) is 0 Å². The van der Waals surface area contributed by atoms with Crippen molar-refractivity contribution in [2.45, 2.75) is 25.3 Å². The van der Waals surface area contributed by atoms with Gasteiger partial charge in [0.15, 0.2) is 0 Å². The van der Waals surface area contributed by atoms with Crippen molar-refractivity contribution in [2.75, 3.05) is 6.61 Å². The number of hydrogen-bond acceptors (Lipinski definition) is 4. The first-order valence-corrected chi connectivity index (χ1v) is 5.88. The molecule has 0 heterocycles. The smallest absolute Gasteiger partial charge is 0.235 e. The van der Waals surface area contributed by atoms with Gasteiger partial charge in [-0.1, -0.05) is 42.5 Å². The highest BCUT2D eigenvalue weighted by atomic mass is 32.1. The molecule has 1 N–H and O–H groups in total. The van der Waals surface area contributed by atoms with Crippen molar-refractivity contribution in [3.63, 3.8) is 0 Å². The minimum atomic E-state index is -0.867. The van der Waals surface area contributed by atoms with Crippen molar-refractivity contribution < 1.29 is 10.0 Å². The van der Waals surface area contributed by atoms with Crippen molar-refractivity contribution in [3.05, 3.63) is 46.0 Å². The Morgan fingerprint density at radius 3 is 2.59 bits per heavy atom. The largest absolute Gasteiger partial charge is 0.389 e. The van der Waals surface area contributed by atoms with E-state index in [4.69, 9.17) is 17.3 Å². The third kappa shape index (κ3) is 4.58. The second kappa shape index (κ2) is 7.09. The van der Waals surface area contributed by atoms with Crippen LogP contribution < -0.4 is 0 Å². The monoisotopic (exact) mass is 253 g/mol. The molecule has 0 saturated heterocycles. The number of aliphatic hydroxyl groups is 1. The normalized spacial score (nSPS) is 12.1. The van der Waals surface area contributed by atoms with Gasteiger partial charge < -0.3 is 5.11 Å². The van der Waals surface area contributed by atoms with Crippen molar-refractivity contribution in [1.82, 2.24) is 0 Å². The fourth-order valence-corrected chi connectivity index (χ4v) is 1.81. The van der Waals surface area contributed by atoms with E-state index in [0.717, 1.165) is 10.4 Å². The summed E-state index contributed by atoms with van der Waals surface area (Å²) >= 11 is 5.24. The molecule has 0 aliphatic rings. The Morgan fingerprint density at radius 1 is 1.41 bits per heavy atom. The van der Waals surface area contributed by atoms with E-state index < -0.39 is 17.6 Å². The summed E-state index contributed by atoms with van der Waals surface area (Å²) in [6.07, 6.45) is 1.63. The molecule has 0 saturated carbocycles. The van der Waals surface area contributed by atoms with E-state index in [9.17, 15) is 10.1 Å². The van der Waals surface area contributed by atoms with Crippen LogP contribution in [0.15, 0.2) is 30.3 Å². The number of nitrogens with zero attached hydrogens (tertiary/aromatic N) is 1. The molecular formula is C12H15NO3S. The van der Waals surface area contributed by atoms with E-state index >= 15 is 0 Å². The third-order valence-electron chi connectivity index (χ3n) is 2.55. The molecule has 17 heavy (non-hydrogen) atoms. The van der Waals surface area contributed by atoms with Crippen LogP contribution in [0.2, 0.25) is 0 Å². The maximum atomic E-state index is 10.5. The van der Waals surface area contributed by atoms with Gasteiger partial charge in [0.1, 0.15) is 6.61 Å². The minimum absolute atomic E-state index is 0.358. The summed E-state index contributed by atoms with van der Waals surface area (Å²) in [6, 6.07) is 8.73. The van der Waals surface area contributed by atoms with Crippen LogP contribution in [0.1, 0.15) is 24.8 Å². The van der Waals surface area contributed by atoms with Crippen LogP contribution in [-0.2, 0) is 0 Å². The van der Waals surface area contributed by atoms with Gasteiger partial charge in [0.2, 0.25) is 6.04 Å². The Labute approximate surface area is 105 Å². The van der Waals surface area contributed by atoms with E-state index in [1.807, 2.05) is 30.3 Å². The Morgan fingerprint density at radius 2 is 2.06 bits per heavy atom. The van der Waals surface area contributed by atoms with Gasteiger partial charge in [-0.15, -0.1) is 0 Å². The van der Waals surface area contributed by atoms with Crippen molar-refractivity contribution >= 4 is 17.1 Å². The maximum absolute atomic E-state index is 10.5. The Balaban J connectivity index is 2.37. The van der Waals surface area contributed by atoms with Crippen LogP contribution in [0.3, 0.4) is 0 Å². The molecule has 0 fully saturated rings. The van der Waals surface area contributed by atoms with Gasteiger partial charge in [-0.25, -0.2) is 0 Å². The van der Waals surface area contributed by atoms with E-state index in [0.29, 0.717) is 19.3 Å². The van der Waals surface area contributed by atoms with Gasteiger partial charge in [0, 0.05) is 16.2 Å². The zero-order valence-electron chi connectivity index (χ0n) is 9.41. The second-order valence-corrected chi connectivity index (χ2v) is 4.30. The molecular weight excluding hydrogens is 238 g/mol. The zero-order chi connectivity index (χ0) is 12.7. The molecule has 1 rings (SSSR count). The standard InChI is InChI=1S/C12H15NO3S/c14-9-11(13(15)16)7-4-8-12(17)10-5-2-1-3-6-10/h1-3,5-6,11,14H,4,7-9H2. The van der Waals surface area contributed by atoms with E-state index in [1.165, 1.54) is 0 Å². The Hall–Kier alpha value is -1.33. The quantitative estimate of drug-likeness (QED) is 0.350. The van der Waals surface area contributed by atoms with Crippen LogP contribution >= 0.6 is 12.2 Å². The molecule has 0 aliphatic carbocycles. The molecule has 4 nitrogen and oxygen atoms in total. The molecule has 1 unspecified atom stereocenters. The molecule has 0 radical (unpaired) electrons. The number of hydrogen-bond donors (Lipinski definition) is 1. The lowest BCUT2D eigenvalue weighted by atomic mass is 10.0. The molecule has 0 amide bonds. The molecule has 92 valence electrons. The second-order valence-electron chi connectivity index (χ2n) is 3.80. The SMILES string of the molecule is O=[N+]([O-])C(CO)CCCC(=S)c1ccccc1. The van der Waals surface area contributed by atoms with Gasteiger partial charge in [0.25, 0.3) is 0 Å². The molecule has 1 atom stereocenters. The lowest BCUT2D eigenvalue weighted by Gasteiger charge is -2.07. The highest BCUT2D eigenvalue weighted by molar-refractivity contribution is 7.80. The van der Waals surface area contributed by atoms with Crippen molar-refractivity contribution in [1.29, 1.82) is 0 Å². The highest BCUT2D eigenvalue weighted by Crippen LogP contribution is 2.10. The first-order valence-electron chi connectivity index (χ1n) is 5.47. The summed E-state index contributed by atoms with van der Waals surface area (Å²) in [5.41, 5.74) is 0.990. The van der Waals surface area contributed by atoms with Gasteiger partial charge in [0.05, 0.1) is 0 Å². The van der Waals surface area contributed by atoms with Crippen LogP contribution in [0.5, 0.6) is 0 Å². The summed E-state index contributed by atoms with van der Waals surface area (Å²) < 4.78 is 0. The zero-order valence-corrected chi connectivity index (χ0v) is 10.2. The van der Waals surface area contributed by atoms with Gasteiger partial charge >= 0.3 is 0 Å². The molecule has 0 aromatic heterocycles. The van der Waals surface area contributed by atoms with Crippen molar-refractivity contribution in [2.24, 2.45) is 0 Å². The van der Waals surface area contributed by atoms with Crippen LogP contribution in [0.25, 0.3) is 0 Å². The average Bonchev–Trinajstić information content (AvgIpc) is 2.35. The average molecular weight is 253 g/mol. The molecule has 1 aromatic carbocycles. The number of rotatable bonds is 7. The van der Waals surface area contributed by atoms with Crippen LogP contribution in [0, 0.1) is 10.1 Å². The summed E-state index contributed by atoms with van der Waals surface area (Å²) in [7, 11) is 0. The van der Waals surface area contributed by atoms with E-state index in [1.54, 1.807) is 0 Å². The Kier molecular flexibility index (Phi) is 5.72. The number of aliphatic hydroxyl groups excluding tert-OH is 1. The number of nitro groups is 1. The van der Waals surface area contributed by atoms with Crippen LogP contribution in [0.4, 0.5) is 0 Å². The maximum Gasteiger partial charge on any atom is 0.235 e. The molecule has 0 spiro atoms. The fraction of sp³-hybridized carbons (Fsp3) is 0.417. The first-order chi connectivity index (χ1) is 8.15. The number of benzene rings is 1. The predicted molar refractivity (Wildman–Crippen MR) is 69.9 cm³/mol. The van der Waals surface area contributed by atoms with Gasteiger partial charge in [-0.3, -0.25) is 10.1 Å². The summed E-state index contributed by atoms with van der Waals surface area (Å²) in [6.45, 7) is -0.412. The van der Waals surface area contributed by atoms with Gasteiger partial charge in [-0.05, 0) is 18.4 Å². The highest BCUT2D eigenvalue weighted by Gasteiger charge is 2.17. The molecule has 0 aliphatic heterocycles. The summed E-state index contributed by atoms with van der Waals surface area (Å²) in [5, 5.41) is 19.3. The van der Waals surface area contributed by atoms with Crippen LogP contribution in [-0.4, -0.2) is 27.5 Å². The third-order valence-corrected chi connectivity index (χ3v) is 2.99. The van der Waals surface area contributed by atoms with E-state index in [2.05, 4.69) is 0 Å². The molecule has 0 bridgehead atoms. The fourth-order valence-electron chi connectivity index (χ4n) is 1.53. The van der Waals surface area contributed by atoms with Crippen molar-refractivity contribution in [3.8, 4) is 0 Å². The molecule has 5 heteroatoms. The van der Waals surface area contributed by atoms with E-state index in [-0.39, 0.29) is 0 Å². The Bertz CT molecular complexity index is 381. The summed E-state index contributed by atoms with van der Waals surface area (Å²) in [5.74, 6) is 0. The predicted octanol–water partition coefficient (Wildman–Crippen LogP) is 2.21. The first kappa shape index (κ1) is 13.7. The lowest BCUT2D eigenvalue weighted by molar-refractivity contribution is -0.526. The minimum Gasteiger partial charge on any atom is -0.389 e. The summed E-state index contributed by atoms with van der Waals surface area (Å²) in [4.78, 5) is 10.9.